The summed E-state index contributed by atoms with van der Waals surface area (Å²) in [6.45, 7) is 6.80. The second-order valence-corrected chi connectivity index (χ2v) is 5.43. The SMILES string of the molecule is CCCc1ccc(OC[C@H](O)C[NH+]2CCOCC2)cc1. The third-order valence-corrected chi connectivity index (χ3v) is 3.63. The summed E-state index contributed by atoms with van der Waals surface area (Å²) in [6, 6.07) is 8.16. The van der Waals surface area contributed by atoms with Gasteiger partial charge in [0.05, 0.1) is 13.2 Å². The second-order valence-electron chi connectivity index (χ2n) is 5.43. The molecule has 0 unspecified atom stereocenters. The summed E-state index contributed by atoms with van der Waals surface area (Å²) in [5, 5.41) is 10.0. The van der Waals surface area contributed by atoms with Crippen molar-refractivity contribution in [2.24, 2.45) is 0 Å². The number of morpholine rings is 1. The van der Waals surface area contributed by atoms with Gasteiger partial charge in [-0.05, 0) is 24.1 Å². The van der Waals surface area contributed by atoms with Gasteiger partial charge in [-0.2, -0.15) is 0 Å². The molecule has 0 spiro atoms. The van der Waals surface area contributed by atoms with Crippen LogP contribution in [0.1, 0.15) is 18.9 Å². The van der Waals surface area contributed by atoms with E-state index in [9.17, 15) is 5.11 Å². The highest BCUT2D eigenvalue weighted by molar-refractivity contribution is 5.27. The highest BCUT2D eigenvalue weighted by atomic mass is 16.5. The van der Waals surface area contributed by atoms with Crippen molar-refractivity contribution in [3.8, 4) is 5.75 Å². The fraction of sp³-hybridized carbons (Fsp3) is 0.625. The summed E-state index contributed by atoms with van der Waals surface area (Å²) in [4.78, 5) is 1.39. The Hall–Kier alpha value is -1.10. The first-order valence-corrected chi connectivity index (χ1v) is 7.59. The second kappa shape index (κ2) is 8.25. The Kier molecular flexibility index (Phi) is 6.30. The first-order chi connectivity index (χ1) is 9.78. The fourth-order valence-electron chi connectivity index (χ4n) is 2.49. The van der Waals surface area contributed by atoms with Gasteiger partial charge in [0, 0.05) is 0 Å². The van der Waals surface area contributed by atoms with Crippen LogP contribution in [0.4, 0.5) is 0 Å². The molecule has 2 N–H and O–H groups in total. The topological polar surface area (TPSA) is 43.1 Å². The van der Waals surface area contributed by atoms with Crippen LogP contribution in [-0.4, -0.2) is 50.7 Å². The maximum atomic E-state index is 10.0. The molecule has 1 aliphatic heterocycles. The van der Waals surface area contributed by atoms with E-state index in [-0.39, 0.29) is 0 Å². The van der Waals surface area contributed by atoms with Crippen LogP contribution in [0.2, 0.25) is 0 Å². The summed E-state index contributed by atoms with van der Waals surface area (Å²) in [5.74, 6) is 0.834. The van der Waals surface area contributed by atoms with E-state index in [0.29, 0.717) is 6.61 Å². The number of aryl methyl sites for hydroxylation is 1. The van der Waals surface area contributed by atoms with Crippen molar-refractivity contribution >= 4 is 0 Å². The van der Waals surface area contributed by atoms with E-state index in [1.165, 1.54) is 10.5 Å². The molecule has 1 atom stereocenters. The first kappa shape index (κ1) is 15.3. The van der Waals surface area contributed by atoms with Crippen LogP contribution in [0.3, 0.4) is 0 Å². The smallest absolute Gasteiger partial charge is 0.137 e. The zero-order valence-corrected chi connectivity index (χ0v) is 12.3. The van der Waals surface area contributed by atoms with Gasteiger partial charge in [0.2, 0.25) is 0 Å². The van der Waals surface area contributed by atoms with Crippen LogP contribution in [-0.2, 0) is 11.2 Å². The summed E-state index contributed by atoms with van der Waals surface area (Å²) in [7, 11) is 0. The molecule has 20 heavy (non-hydrogen) atoms. The lowest BCUT2D eigenvalue weighted by Crippen LogP contribution is -3.15. The van der Waals surface area contributed by atoms with Gasteiger partial charge < -0.3 is 19.5 Å². The number of hydrogen-bond donors (Lipinski definition) is 2. The monoisotopic (exact) mass is 280 g/mol. The van der Waals surface area contributed by atoms with E-state index in [1.807, 2.05) is 12.1 Å². The minimum absolute atomic E-state index is 0.359. The summed E-state index contributed by atoms with van der Waals surface area (Å²) < 4.78 is 11.0. The Labute approximate surface area is 121 Å². The normalized spacial score (nSPS) is 17.9. The first-order valence-electron chi connectivity index (χ1n) is 7.59. The molecule has 0 aromatic heterocycles. The summed E-state index contributed by atoms with van der Waals surface area (Å²) >= 11 is 0. The van der Waals surface area contributed by atoms with Gasteiger partial charge in [0.15, 0.2) is 0 Å². The standard InChI is InChI=1S/C16H25NO3/c1-2-3-14-4-6-16(7-5-14)20-13-15(18)12-17-8-10-19-11-9-17/h4-7,15,18H,2-3,8-13H2,1H3/p+1/t15-/m1/s1. The minimum Gasteiger partial charge on any atom is -0.491 e. The number of aliphatic hydroxyl groups excluding tert-OH is 1. The lowest BCUT2D eigenvalue weighted by Gasteiger charge is -2.25. The van der Waals surface area contributed by atoms with Crippen LogP contribution in [0.25, 0.3) is 0 Å². The van der Waals surface area contributed by atoms with Crippen LogP contribution < -0.4 is 9.64 Å². The zero-order chi connectivity index (χ0) is 14.2. The van der Waals surface area contributed by atoms with Gasteiger partial charge in [-0.15, -0.1) is 0 Å². The number of aliphatic hydroxyl groups is 1. The van der Waals surface area contributed by atoms with Crippen molar-refractivity contribution in [3.63, 3.8) is 0 Å². The zero-order valence-electron chi connectivity index (χ0n) is 12.3. The lowest BCUT2D eigenvalue weighted by molar-refractivity contribution is -0.911. The third-order valence-electron chi connectivity index (χ3n) is 3.63. The highest BCUT2D eigenvalue weighted by Crippen LogP contribution is 2.13. The number of ether oxygens (including phenoxy) is 2. The molecule has 4 heteroatoms. The molecular weight excluding hydrogens is 254 g/mol. The molecular formula is C16H26NO3+. The molecule has 1 aromatic rings. The minimum atomic E-state index is -0.418. The van der Waals surface area contributed by atoms with E-state index in [1.54, 1.807) is 0 Å². The van der Waals surface area contributed by atoms with E-state index in [0.717, 1.165) is 51.4 Å². The fourth-order valence-corrected chi connectivity index (χ4v) is 2.49. The molecule has 0 radical (unpaired) electrons. The van der Waals surface area contributed by atoms with Crippen LogP contribution in [0.5, 0.6) is 5.75 Å². The molecule has 0 amide bonds. The average Bonchev–Trinajstić information content (AvgIpc) is 2.48. The van der Waals surface area contributed by atoms with Gasteiger partial charge >= 0.3 is 0 Å². The molecule has 1 aromatic carbocycles. The van der Waals surface area contributed by atoms with Crippen molar-refractivity contribution in [1.82, 2.24) is 0 Å². The van der Waals surface area contributed by atoms with Gasteiger partial charge in [-0.3, -0.25) is 0 Å². The van der Waals surface area contributed by atoms with Gasteiger partial charge in [-0.25, -0.2) is 0 Å². The third kappa shape index (κ3) is 5.12. The van der Waals surface area contributed by atoms with Crippen molar-refractivity contribution in [3.05, 3.63) is 29.8 Å². The largest absolute Gasteiger partial charge is 0.491 e. The summed E-state index contributed by atoms with van der Waals surface area (Å²) in [6.07, 6.45) is 1.84. The Morgan fingerprint density at radius 3 is 2.60 bits per heavy atom. The van der Waals surface area contributed by atoms with Crippen molar-refractivity contribution in [2.45, 2.75) is 25.9 Å². The lowest BCUT2D eigenvalue weighted by atomic mass is 10.1. The van der Waals surface area contributed by atoms with Crippen molar-refractivity contribution in [1.29, 1.82) is 0 Å². The molecule has 4 nitrogen and oxygen atoms in total. The number of benzene rings is 1. The van der Waals surface area contributed by atoms with E-state index in [2.05, 4.69) is 19.1 Å². The Balaban J connectivity index is 1.70. The van der Waals surface area contributed by atoms with Crippen LogP contribution in [0.15, 0.2) is 24.3 Å². The number of hydrogen-bond acceptors (Lipinski definition) is 3. The van der Waals surface area contributed by atoms with Gasteiger partial charge in [0.1, 0.15) is 38.1 Å². The van der Waals surface area contributed by atoms with Crippen LogP contribution >= 0.6 is 0 Å². The predicted octanol–water partition coefficient (Wildman–Crippen LogP) is 0.294. The molecule has 1 heterocycles. The van der Waals surface area contributed by atoms with E-state index in [4.69, 9.17) is 9.47 Å². The molecule has 1 aliphatic rings. The number of quaternary nitrogens is 1. The predicted molar refractivity (Wildman–Crippen MR) is 78.3 cm³/mol. The molecule has 2 rings (SSSR count). The molecule has 112 valence electrons. The van der Waals surface area contributed by atoms with Crippen molar-refractivity contribution < 1.29 is 19.5 Å². The Morgan fingerprint density at radius 2 is 1.95 bits per heavy atom. The van der Waals surface area contributed by atoms with Crippen LogP contribution in [0, 0.1) is 0 Å². The molecule has 0 saturated carbocycles. The average molecular weight is 280 g/mol. The number of nitrogens with one attached hydrogen (secondary N) is 1. The van der Waals surface area contributed by atoms with E-state index >= 15 is 0 Å². The quantitative estimate of drug-likeness (QED) is 0.755. The maximum Gasteiger partial charge on any atom is 0.137 e. The highest BCUT2D eigenvalue weighted by Gasteiger charge is 2.18. The number of rotatable bonds is 7. The Morgan fingerprint density at radius 1 is 1.25 bits per heavy atom. The molecule has 0 bridgehead atoms. The van der Waals surface area contributed by atoms with Gasteiger partial charge in [-0.1, -0.05) is 25.5 Å². The van der Waals surface area contributed by atoms with E-state index < -0.39 is 6.10 Å². The van der Waals surface area contributed by atoms with Gasteiger partial charge in [0.25, 0.3) is 0 Å². The maximum absolute atomic E-state index is 10.0. The molecule has 1 saturated heterocycles. The molecule has 0 aliphatic carbocycles. The summed E-state index contributed by atoms with van der Waals surface area (Å²) in [5.41, 5.74) is 1.33. The molecule has 1 fully saturated rings. The Bertz CT molecular complexity index is 374. The van der Waals surface area contributed by atoms with Crippen molar-refractivity contribution in [2.75, 3.05) is 39.5 Å².